The first-order valence-electron chi connectivity index (χ1n) is 4.07. The molecule has 0 fully saturated rings. The van der Waals surface area contributed by atoms with Gasteiger partial charge in [-0.25, -0.2) is 0 Å². The van der Waals surface area contributed by atoms with Gasteiger partial charge in [0.15, 0.2) is 0 Å². The summed E-state index contributed by atoms with van der Waals surface area (Å²) < 4.78 is 0. The Hall–Kier alpha value is -0.720. The first-order chi connectivity index (χ1) is 4.97. The SMILES string of the molecule is C1=CC2=C(CCCC2)CN1. The summed E-state index contributed by atoms with van der Waals surface area (Å²) in [5, 5.41) is 3.25. The lowest BCUT2D eigenvalue weighted by Gasteiger charge is -2.21. The number of allylic oxidation sites excluding steroid dienone is 2. The van der Waals surface area contributed by atoms with Crippen LogP contribution in [0, 0.1) is 0 Å². The molecule has 1 aliphatic heterocycles. The molecule has 0 aromatic heterocycles. The van der Waals surface area contributed by atoms with Gasteiger partial charge in [0.2, 0.25) is 0 Å². The number of nitrogens with one attached hydrogen (secondary N) is 1. The van der Waals surface area contributed by atoms with Gasteiger partial charge in [-0.2, -0.15) is 0 Å². The number of hydrogen-bond acceptors (Lipinski definition) is 1. The fourth-order valence-corrected chi connectivity index (χ4v) is 1.74. The van der Waals surface area contributed by atoms with Crippen molar-refractivity contribution in [3.8, 4) is 0 Å². The highest BCUT2D eigenvalue weighted by atomic mass is 14.8. The Labute approximate surface area is 61.8 Å². The van der Waals surface area contributed by atoms with Crippen LogP contribution in [0.4, 0.5) is 0 Å². The van der Waals surface area contributed by atoms with E-state index in [0.29, 0.717) is 0 Å². The van der Waals surface area contributed by atoms with E-state index in [1.165, 1.54) is 25.7 Å². The summed E-state index contributed by atoms with van der Waals surface area (Å²) in [4.78, 5) is 0. The average Bonchev–Trinajstić information content (AvgIpc) is 2.05. The topological polar surface area (TPSA) is 12.0 Å². The molecule has 0 aromatic carbocycles. The molecular formula is C9H13N. The van der Waals surface area contributed by atoms with E-state index in [4.69, 9.17) is 0 Å². The lowest BCUT2D eigenvalue weighted by molar-refractivity contribution is 0.652. The first-order valence-corrected chi connectivity index (χ1v) is 4.07. The van der Waals surface area contributed by atoms with E-state index in [-0.39, 0.29) is 0 Å². The van der Waals surface area contributed by atoms with Gasteiger partial charge in [0.1, 0.15) is 0 Å². The van der Waals surface area contributed by atoms with Crippen LogP contribution in [0.1, 0.15) is 25.7 Å². The molecule has 1 N–H and O–H groups in total. The highest BCUT2D eigenvalue weighted by Crippen LogP contribution is 2.26. The summed E-state index contributed by atoms with van der Waals surface area (Å²) >= 11 is 0. The second-order valence-electron chi connectivity index (χ2n) is 3.05. The normalized spacial score (nSPS) is 24.0. The van der Waals surface area contributed by atoms with E-state index in [9.17, 15) is 0 Å². The van der Waals surface area contributed by atoms with Crippen molar-refractivity contribution in [2.75, 3.05) is 6.54 Å². The molecule has 10 heavy (non-hydrogen) atoms. The summed E-state index contributed by atoms with van der Waals surface area (Å²) in [5.41, 5.74) is 3.25. The van der Waals surface area contributed by atoms with Crippen LogP contribution in [0.15, 0.2) is 23.4 Å². The summed E-state index contributed by atoms with van der Waals surface area (Å²) in [6.07, 6.45) is 9.74. The van der Waals surface area contributed by atoms with Gasteiger partial charge >= 0.3 is 0 Å². The Morgan fingerprint density at radius 3 is 3.00 bits per heavy atom. The third-order valence-electron chi connectivity index (χ3n) is 2.35. The van der Waals surface area contributed by atoms with Gasteiger partial charge in [0.25, 0.3) is 0 Å². The van der Waals surface area contributed by atoms with E-state index in [0.717, 1.165) is 6.54 Å². The van der Waals surface area contributed by atoms with Crippen LogP contribution >= 0.6 is 0 Å². The molecule has 1 heterocycles. The summed E-state index contributed by atoms with van der Waals surface area (Å²) in [7, 11) is 0. The summed E-state index contributed by atoms with van der Waals surface area (Å²) in [5.74, 6) is 0. The molecule has 0 saturated carbocycles. The number of dihydropyridines is 1. The maximum Gasteiger partial charge on any atom is 0.0360 e. The van der Waals surface area contributed by atoms with E-state index in [1.807, 2.05) is 0 Å². The van der Waals surface area contributed by atoms with Gasteiger partial charge < -0.3 is 5.32 Å². The molecule has 0 atom stereocenters. The Morgan fingerprint density at radius 1 is 1.20 bits per heavy atom. The van der Waals surface area contributed by atoms with Crippen LogP contribution in [0.2, 0.25) is 0 Å². The second-order valence-corrected chi connectivity index (χ2v) is 3.05. The monoisotopic (exact) mass is 135 g/mol. The van der Waals surface area contributed by atoms with Crippen molar-refractivity contribution in [1.29, 1.82) is 0 Å². The van der Waals surface area contributed by atoms with E-state index >= 15 is 0 Å². The fourth-order valence-electron chi connectivity index (χ4n) is 1.74. The maximum atomic E-state index is 3.25. The molecule has 0 radical (unpaired) electrons. The minimum atomic E-state index is 1.10. The predicted molar refractivity (Wildman–Crippen MR) is 42.6 cm³/mol. The third-order valence-corrected chi connectivity index (χ3v) is 2.35. The molecule has 1 nitrogen and oxygen atoms in total. The van der Waals surface area contributed by atoms with Crippen molar-refractivity contribution >= 4 is 0 Å². The molecule has 0 bridgehead atoms. The largest absolute Gasteiger partial charge is 0.387 e. The van der Waals surface area contributed by atoms with Crippen LogP contribution in [0.25, 0.3) is 0 Å². The van der Waals surface area contributed by atoms with Crippen LogP contribution in [0.5, 0.6) is 0 Å². The minimum Gasteiger partial charge on any atom is -0.387 e. The zero-order valence-corrected chi connectivity index (χ0v) is 6.19. The van der Waals surface area contributed by atoms with Gasteiger partial charge in [-0.15, -0.1) is 0 Å². The molecule has 0 saturated heterocycles. The molecule has 1 aliphatic carbocycles. The van der Waals surface area contributed by atoms with Crippen molar-refractivity contribution < 1.29 is 0 Å². The zero-order chi connectivity index (χ0) is 6.81. The molecule has 0 spiro atoms. The van der Waals surface area contributed by atoms with Crippen molar-refractivity contribution in [3.05, 3.63) is 23.4 Å². The Balaban J connectivity index is 2.23. The molecule has 54 valence electrons. The molecule has 0 amide bonds. The highest BCUT2D eigenvalue weighted by Gasteiger charge is 2.11. The number of hydrogen-bond donors (Lipinski definition) is 1. The van der Waals surface area contributed by atoms with Crippen LogP contribution < -0.4 is 5.32 Å². The van der Waals surface area contributed by atoms with Crippen molar-refractivity contribution in [1.82, 2.24) is 5.32 Å². The van der Waals surface area contributed by atoms with E-state index < -0.39 is 0 Å². The lowest BCUT2D eigenvalue weighted by atomic mass is 9.90. The standard InChI is InChI=1S/C9H13N/c1-2-4-9-7-10-6-5-8(9)3-1/h5-6,10H,1-4,7H2. The van der Waals surface area contributed by atoms with Crippen molar-refractivity contribution in [3.63, 3.8) is 0 Å². The summed E-state index contributed by atoms with van der Waals surface area (Å²) in [6.45, 7) is 1.10. The first kappa shape index (κ1) is 6.02. The smallest absolute Gasteiger partial charge is 0.0360 e. The van der Waals surface area contributed by atoms with Crippen molar-refractivity contribution in [2.24, 2.45) is 0 Å². The molecular weight excluding hydrogens is 122 g/mol. The lowest BCUT2D eigenvalue weighted by Crippen LogP contribution is -2.17. The number of rotatable bonds is 0. The zero-order valence-electron chi connectivity index (χ0n) is 6.19. The third kappa shape index (κ3) is 0.962. The highest BCUT2D eigenvalue weighted by molar-refractivity contribution is 5.31. The molecule has 1 heteroatoms. The van der Waals surface area contributed by atoms with Crippen molar-refractivity contribution in [2.45, 2.75) is 25.7 Å². The maximum absolute atomic E-state index is 3.25. The quantitative estimate of drug-likeness (QED) is 0.535. The molecule has 2 rings (SSSR count). The summed E-state index contributed by atoms with van der Waals surface area (Å²) in [6, 6.07) is 0. The van der Waals surface area contributed by atoms with Gasteiger partial charge in [-0.1, -0.05) is 0 Å². The Morgan fingerprint density at radius 2 is 2.10 bits per heavy atom. The second kappa shape index (κ2) is 2.49. The predicted octanol–water partition coefficient (Wildman–Crippen LogP) is 1.97. The van der Waals surface area contributed by atoms with Crippen LogP contribution in [0.3, 0.4) is 0 Å². The van der Waals surface area contributed by atoms with Gasteiger partial charge in [-0.3, -0.25) is 0 Å². The van der Waals surface area contributed by atoms with Crippen LogP contribution in [-0.2, 0) is 0 Å². The van der Waals surface area contributed by atoms with E-state index in [2.05, 4.69) is 17.6 Å². The van der Waals surface area contributed by atoms with Crippen LogP contribution in [-0.4, -0.2) is 6.54 Å². The minimum absolute atomic E-state index is 1.10. The Bertz CT molecular complexity index is 189. The average molecular weight is 135 g/mol. The fraction of sp³-hybridized carbons (Fsp3) is 0.556. The van der Waals surface area contributed by atoms with Gasteiger partial charge in [0.05, 0.1) is 0 Å². The Kier molecular flexibility index (Phi) is 1.50. The van der Waals surface area contributed by atoms with Gasteiger partial charge in [0, 0.05) is 6.54 Å². The molecule has 2 aliphatic rings. The molecule has 0 aromatic rings. The molecule has 0 unspecified atom stereocenters. The van der Waals surface area contributed by atoms with E-state index in [1.54, 1.807) is 11.1 Å². The van der Waals surface area contributed by atoms with Gasteiger partial charge in [-0.05, 0) is 49.1 Å².